The minimum atomic E-state index is -1.45. The van der Waals surface area contributed by atoms with Gasteiger partial charge in [-0.05, 0) is 29.3 Å². The van der Waals surface area contributed by atoms with Gasteiger partial charge < -0.3 is 0 Å². The Balaban J connectivity index is 2.69. The Morgan fingerprint density at radius 2 is 1.00 bits per heavy atom. The lowest BCUT2D eigenvalue weighted by Gasteiger charge is -2.04. The van der Waals surface area contributed by atoms with Crippen molar-refractivity contribution in [2.24, 2.45) is 0 Å². The van der Waals surface area contributed by atoms with Crippen LogP contribution in [0.3, 0.4) is 0 Å². The van der Waals surface area contributed by atoms with Crippen molar-refractivity contribution in [3.05, 3.63) is 47.0 Å². The fourth-order valence-corrected chi connectivity index (χ4v) is 3.97. The van der Waals surface area contributed by atoms with E-state index in [0.717, 1.165) is 16.7 Å². The highest BCUT2D eigenvalue weighted by molar-refractivity contribution is 6.84. The number of rotatable bonds is 0. The first-order chi connectivity index (χ1) is 12.7. The highest BCUT2D eigenvalue weighted by Crippen LogP contribution is 2.32. The molecule has 0 atom stereocenters. The minimum Gasteiger partial charge on any atom is -0.127 e. The zero-order valence-corrected chi connectivity index (χ0v) is 21.9. The van der Waals surface area contributed by atoms with Crippen LogP contribution in [-0.4, -0.2) is 24.2 Å². The van der Waals surface area contributed by atoms with Gasteiger partial charge in [0.25, 0.3) is 0 Å². The molecule has 0 bridgehead atoms. The Hall–Kier alpha value is -1.97. The third kappa shape index (κ3) is 7.22. The lowest BCUT2D eigenvalue weighted by Crippen LogP contribution is -2.16. The van der Waals surface area contributed by atoms with Crippen LogP contribution in [0.5, 0.6) is 0 Å². The van der Waals surface area contributed by atoms with E-state index in [2.05, 4.69) is 124 Å². The molecule has 0 fully saturated rings. The molecule has 0 aliphatic heterocycles. The predicted octanol–water partition coefficient (Wildman–Crippen LogP) is 6.48. The van der Waals surface area contributed by atoms with Gasteiger partial charge in [0.05, 0.1) is 0 Å². The molecule has 0 N–H and O–H groups in total. The number of fused-ring (bicyclic) bond motifs is 1. The molecular weight excluding hydrogens is 385 g/mol. The molecule has 0 saturated heterocycles. The Bertz CT molecular complexity index is 1020. The highest BCUT2D eigenvalue weighted by Gasteiger charge is 2.16. The quantitative estimate of drug-likeness (QED) is 0.340. The largest absolute Gasteiger partial charge is 0.129 e. The average molecular weight is 417 g/mol. The first kappa shape index (κ1) is 22.3. The fraction of sp³-hybridized carbons (Fsp3) is 0.360. The van der Waals surface area contributed by atoms with Crippen molar-refractivity contribution in [2.75, 3.05) is 0 Å². The first-order valence-corrected chi connectivity index (χ1v) is 20.4. The van der Waals surface area contributed by atoms with Crippen molar-refractivity contribution in [2.45, 2.75) is 58.9 Å². The van der Waals surface area contributed by atoms with Crippen LogP contribution in [0.15, 0.2) is 30.3 Å². The number of hydrogen-bond donors (Lipinski definition) is 0. The SMILES string of the molecule is C[Si](C)(C)C#Cc1cccc2c(C#C[Si](C)(C)C)cc(C#C[Si](C)(C)C)c-2c1. The van der Waals surface area contributed by atoms with Crippen LogP contribution in [0.4, 0.5) is 0 Å². The van der Waals surface area contributed by atoms with E-state index in [0.29, 0.717) is 0 Å². The summed E-state index contributed by atoms with van der Waals surface area (Å²) in [6.45, 7) is 20.5. The Labute approximate surface area is 175 Å². The van der Waals surface area contributed by atoms with Crippen molar-refractivity contribution >= 4 is 24.2 Å². The van der Waals surface area contributed by atoms with Gasteiger partial charge in [-0.3, -0.25) is 0 Å². The van der Waals surface area contributed by atoms with E-state index < -0.39 is 24.2 Å². The molecule has 0 heterocycles. The van der Waals surface area contributed by atoms with Gasteiger partial charge in [-0.2, -0.15) is 0 Å². The molecule has 0 aromatic rings. The summed E-state index contributed by atoms with van der Waals surface area (Å²) < 4.78 is 0. The molecule has 2 aliphatic rings. The standard InChI is InChI=1S/C25H32Si3/c1-26(2,3)16-13-21-11-10-12-24-22(14-17-27(4,5)6)20-23(25(24)19-21)15-18-28(7,8)9/h10-12,19-20H,1-9H3. The molecule has 0 radical (unpaired) electrons. The van der Waals surface area contributed by atoms with E-state index in [4.69, 9.17) is 0 Å². The Morgan fingerprint density at radius 1 is 0.536 bits per heavy atom. The summed E-state index contributed by atoms with van der Waals surface area (Å²) in [5, 5.41) is 0. The van der Waals surface area contributed by atoms with E-state index in [-0.39, 0.29) is 0 Å². The van der Waals surface area contributed by atoms with Crippen LogP contribution < -0.4 is 0 Å². The molecule has 0 aromatic heterocycles. The van der Waals surface area contributed by atoms with Crippen molar-refractivity contribution in [1.29, 1.82) is 0 Å². The van der Waals surface area contributed by atoms with Gasteiger partial charge in [-0.1, -0.05) is 88.8 Å². The van der Waals surface area contributed by atoms with Crippen LogP contribution in [0.1, 0.15) is 16.7 Å². The first-order valence-electron chi connectivity index (χ1n) is 9.90. The maximum atomic E-state index is 3.52. The summed E-state index contributed by atoms with van der Waals surface area (Å²) in [6.07, 6.45) is 0. The molecule has 144 valence electrons. The summed E-state index contributed by atoms with van der Waals surface area (Å²) in [5.41, 5.74) is 16.1. The molecule has 0 saturated carbocycles. The summed E-state index contributed by atoms with van der Waals surface area (Å²) in [5.74, 6) is 10.3. The van der Waals surface area contributed by atoms with Crippen molar-refractivity contribution in [1.82, 2.24) is 0 Å². The third-order valence-corrected chi connectivity index (χ3v) is 6.35. The van der Waals surface area contributed by atoms with E-state index in [9.17, 15) is 0 Å². The van der Waals surface area contributed by atoms with Crippen molar-refractivity contribution in [3.8, 4) is 45.5 Å². The maximum absolute atomic E-state index is 3.52. The number of hydrogen-bond acceptors (Lipinski definition) is 0. The smallest absolute Gasteiger partial charge is 0.127 e. The summed E-state index contributed by atoms with van der Waals surface area (Å²) >= 11 is 0. The summed E-state index contributed by atoms with van der Waals surface area (Å²) in [6, 6.07) is 10.8. The van der Waals surface area contributed by atoms with Gasteiger partial charge in [-0.25, -0.2) is 0 Å². The highest BCUT2D eigenvalue weighted by atomic mass is 28.3. The molecule has 0 amide bonds. The zero-order valence-electron chi connectivity index (χ0n) is 18.9. The summed E-state index contributed by atoms with van der Waals surface area (Å²) in [7, 11) is -4.31. The van der Waals surface area contributed by atoms with Gasteiger partial charge in [0.2, 0.25) is 0 Å². The molecule has 0 aromatic carbocycles. The fourth-order valence-electron chi connectivity index (χ4n) is 2.43. The van der Waals surface area contributed by atoms with Gasteiger partial charge in [0.1, 0.15) is 24.2 Å². The van der Waals surface area contributed by atoms with Crippen LogP contribution in [0, 0.1) is 34.4 Å². The Kier molecular flexibility index (Phi) is 6.52. The normalized spacial score (nSPS) is 11.6. The molecule has 0 unspecified atom stereocenters. The van der Waals surface area contributed by atoms with E-state index in [1.165, 1.54) is 11.1 Å². The third-order valence-electron chi connectivity index (χ3n) is 3.72. The van der Waals surface area contributed by atoms with Crippen molar-refractivity contribution in [3.63, 3.8) is 0 Å². The van der Waals surface area contributed by atoms with Gasteiger partial charge in [0.15, 0.2) is 0 Å². The minimum absolute atomic E-state index is 1.06. The van der Waals surface area contributed by atoms with E-state index >= 15 is 0 Å². The van der Waals surface area contributed by atoms with Crippen LogP contribution in [0.2, 0.25) is 58.9 Å². The predicted molar refractivity (Wildman–Crippen MR) is 134 cm³/mol. The van der Waals surface area contributed by atoms with Gasteiger partial charge >= 0.3 is 0 Å². The molecular formula is C25H32Si3. The van der Waals surface area contributed by atoms with Gasteiger partial charge in [0, 0.05) is 16.7 Å². The summed E-state index contributed by atoms with van der Waals surface area (Å²) in [4.78, 5) is 0. The van der Waals surface area contributed by atoms with Gasteiger partial charge in [-0.15, -0.1) is 16.6 Å². The van der Waals surface area contributed by atoms with E-state index in [1.54, 1.807) is 0 Å². The molecule has 2 aliphatic carbocycles. The Morgan fingerprint density at radius 3 is 1.50 bits per heavy atom. The van der Waals surface area contributed by atoms with Crippen LogP contribution >= 0.6 is 0 Å². The maximum Gasteiger partial charge on any atom is 0.129 e. The zero-order chi connectivity index (χ0) is 21.2. The molecule has 2 rings (SSSR count). The molecule has 0 spiro atoms. The second-order valence-electron chi connectivity index (χ2n) is 10.4. The second kappa shape index (κ2) is 8.18. The van der Waals surface area contributed by atoms with E-state index in [1.807, 2.05) is 0 Å². The monoisotopic (exact) mass is 416 g/mol. The molecule has 3 heteroatoms. The topological polar surface area (TPSA) is 0 Å². The average Bonchev–Trinajstić information content (AvgIpc) is 2.69. The van der Waals surface area contributed by atoms with Crippen LogP contribution in [0.25, 0.3) is 11.1 Å². The lowest BCUT2D eigenvalue weighted by atomic mass is 10.1. The second-order valence-corrected chi connectivity index (χ2v) is 24.7. The molecule has 0 nitrogen and oxygen atoms in total. The molecule has 28 heavy (non-hydrogen) atoms. The van der Waals surface area contributed by atoms with Crippen molar-refractivity contribution < 1.29 is 0 Å². The lowest BCUT2D eigenvalue weighted by molar-refractivity contribution is 1.72. The van der Waals surface area contributed by atoms with Crippen LogP contribution in [-0.2, 0) is 0 Å².